The largest absolute Gasteiger partial charge is 0.478 e. The second-order valence-corrected chi connectivity index (χ2v) is 9.35. The van der Waals surface area contributed by atoms with Crippen molar-refractivity contribution in [2.24, 2.45) is 0 Å². The highest BCUT2D eigenvalue weighted by Crippen LogP contribution is 2.19. The monoisotopic (exact) mass is 594 g/mol. The molecule has 208 valence electrons. The summed E-state index contributed by atoms with van der Waals surface area (Å²) in [5.74, 6) is -6.05. The Hall–Kier alpha value is -4.93. The van der Waals surface area contributed by atoms with Crippen molar-refractivity contribution in [2.45, 2.75) is 12.2 Å². The number of esters is 2. The fourth-order valence-electron chi connectivity index (χ4n) is 3.71. The predicted molar refractivity (Wildman–Crippen MR) is 149 cm³/mol. The van der Waals surface area contributed by atoms with Gasteiger partial charge in [0.2, 0.25) is 12.2 Å². The number of hydrogen-bond acceptors (Lipinski definition) is 7. The van der Waals surface area contributed by atoms with Crippen molar-refractivity contribution in [3.05, 3.63) is 118 Å². The van der Waals surface area contributed by atoms with Crippen LogP contribution in [-0.4, -0.2) is 47.0 Å². The van der Waals surface area contributed by atoms with Crippen molar-refractivity contribution in [1.82, 2.24) is 10.9 Å². The van der Waals surface area contributed by atoms with Crippen molar-refractivity contribution in [3.8, 4) is 0 Å². The fourth-order valence-corrected chi connectivity index (χ4v) is 3.97. The Morgan fingerprint density at radius 1 is 0.634 bits per heavy atom. The second kappa shape index (κ2) is 12.9. The van der Waals surface area contributed by atoms with Crippen LogP contribution in [0.2, 0.25) is 10.0 Å². The molecule has 0 aliphatic carbocycles. The first-order valence-corrected chi connectivity index (χ1v) is 12.6. The quantitative estimate of drug-likeness (QED) is 0.200. The molecular formula is C29H20Cl2N2O8. The number of carboxylic acids is 1. The minimum atomic E-state index is -2.30. The summed E-state index contributed by atoms with van der Waals surface area (Å²) < 4.78 is 10.3. The van der Waals surface area contributed by atoms with Crippen molar-refractivity contribution in [1.29, 1.82) is 0 Å². The maximum Gasteiger partial charge on any atom is 0.349 e. The van der Waals surface area contributed by atoms with Crippen LogP contribution in [0, 0.1) is 0 Å². The molecule has 4 aromatic rings. The molecule has 0 heterocycles. The zero-order valence-electron chi connectivity index (χ0n) is 20.9. The molecule has 0 saturated carbocycles. The number of aliphatic carboxylic acids is 1. The fraction of sp³-hybridized carbons (Fsp3) is 0.0690. The lowest BCUT2D eigenvalue weighted by Gasteiger charge is -2.23. The first-order valence-electron chi connectivity index (χ1n) is 11.9. The van der Waals surface area contributed by atoms with Gasteiger partial charge in [-0.1, -0.05) is 59.6 Å². The first-order chi connectivity index (χ1) is 19.6. The molecule has 12 heteroatoms. The van der Waals surface area contributed by atoms with Gasteiger partial charge in [0.05, 0.1) is 11.1 Å². The van der Waals surface area contributed by atoms with Crippen LogP contribution in [0.5, 0.6) is 0 Å². The predicted octanol–water partition coefficient (Wildman–Crippen LogP) is 4.44. The zero-order chi connectivity index (χ0) is 29.5. The third-order valence-electron chi connectivity index (χ3n) is 5.74. The van der Waals surface area contributed by atoms with Gasteiger partial charge in [0.15, 0.2) is 0 Å². The van der Waals surface area contributed by atoms with Gasteiger partial charge in [-0.15, -0.1) is 0 Å². The van der Waals surface area contributed by atoms with Gasteiger partial charge in [-0.3, -0.25) is 20.4 Å². The molecule has 0 unspecified atom stereocenters. The molecule has 0 aliphatic heterocycles. The van der Waals surface area contributed by atoms with E-state index in [1.165, 1.54) is 54.6 Å². The van der Waals surface area contributed by atoms with E-state index in [4.69, 9.17) is 32.7 Å². The van der Waals surface area contributed by atoms with Crippen LogP contribution in [0.15, 0.2) is 91.0 Å². The van der Waals surface area contributed by atoms with E-state index in [2.05, 4.69) is 10.9 Å². The molecule has 0 saturated heterocycles. The highest BCUT2D eigenvalue weighted by Gasteiger charge is 2.41. The Bertz CT molecular complexity index is 1620. The molecule has 4 rings (SSSR count). The number of carboxylic acid groups (broad SMARTS) is 1. The van der Waals surface area contributed by atoms with Crippen LogP contribution in [-0.2, 0) is 19.1 Å². The number of rotatable bonds is 8. The van der Waals surface area contributed by atoms with E-state index in [1.807, 2.05) is 0 Å². The number of benzene rings is 4. The maximum absolute atomic E-state index is 13.2. The molecule has 41 heavy (non-hydrogen) atoms. The number of fused-ring (bicyclic) bond motifs is 1. The van der Waals surface area contributed by atoms with Gasteiger partial charge in [-0.05, 0) is 65.4 Å². The van der Waals surface area contributed by atoms with E-state index in [0.29, 0.717) is 15.4 Å². The lowest BCUT2D eigenvalue weighted by atomic mass is 10.0. The van der Waals surface area contributed by atoms with Gasteiger partial charge >= 0.3 is 17.9 Å². The van der Waals surface area contributed by atoms with Crippen molar-refractivity contribution < 1.29 is 38.6 Å². The number of amides is 2. The molecule has 0 fully saturated rings. The van der Waals surface area contributed by atoms with Gasteiger partial charge in [0.1, 0.15) is 0 Å². The molecular weight excluding hydrogens is 575 g/mol. The summed E-state index contributed by atoms with van der Waals surface area (Å²) in [6.07, 6.45) is -4.52. The van der Waals surface area contributed by atoms with E-state index in [0.717, 1.165) is 5.39 Å². The highest BCUT2D eigenvalue weighted by molar-refractivity contribution is 6.31. The standard InChI is InChI=1S/C29H20Cl2N2O8/c30-19-12-8-17(9-13-19)28(38)40-23(24(27(36)37)41-29(39)18-10-14-20(31)15-11-18)26(35)33-32-25(34)22-7-3-5-16-4-1-2-6-21(16)22/h1-15,23-24H,(H,32,34)(H,33,35)(H,36,37)/t23-,24-/m1/s1. The van der Waals surface area contributed by atoms with E-state index in [1.54, 1.807) is 36.4 Å². The summed E-state index contributed by atoms with van der Waals surface area (Å²) in [7, 11) is 0. The number of carbonyl (C=O) groups is 5. The van der Waals surface area contributed by atoms with Crippen LogP contribution in [0.1, 0.15) is 31.1 Å². The number of carbonyl (C=O) groups excluding carboxylic acids is 4. The summed E-state index contributed by atoms with van der Waals surface area (Å²) in [4.78, 5) is 63.7. The number of halogens is 2. The third-order valence-corrected chi connectivity index (χ3v) is 6.24. The van der Waals surface area contributed by atoms with Crippen LogP contribution >= 0.6 is 23.2 Å². The van der Waals surface area contributed by atoms with Crippen molar-refractivity contribution in [3.63, 3.8) is 0 Å². The van der Waals surface area contributed by atoms with E-state index in [9.17, 15) is 29.1 Å². The van der Waals surface area contributed by atoms with Crippen LogP contribution in [0.25, 0.3) is 10.8 Å². The molecule has 2 amide bonds. The Balaban J connectivity index is 1.58. The van der Waals surface area contributed by atoms with Gasteiger partial charge in [-0.25, -0.2) is 14.4 Å². The summed E-state index contributed by atoms with van der Waals surface area (Å²) in [6.45, 7) is 0. The summed E-state index contributed by atoms with van der Waals surface area (Å²) in [5.41, 5.74) is 4.31. The molecule has 0 aliphatic rings. The molecule has 0 aromatic heterocycles. The molecule has 0 radical (unpaired) electrons. The average molecular weight is 595 g/mol. The van der Waals surface area contributed by atoms with Crippen molar-refractivity contribution in [2.75, 3.05) is 0 Å². The van der Waals surface area contributed by atoms with Crippen LogP contribution < -0.4 is 10.9 Å². The van der Waals surface area contributed by atoms with Crippen molar-refractivity contribution >= 4 is 63.7 Å². The van der Waals surface area contributed by atoms with E-state index < -0.39 is 41.9 Å². The molecule has 3 N–H and O–H groups in total. The molecule has 10 nitrogen and oxygen atoms in total. The Labute approximate surface area is 242 Å². The topological polar surface area (TPSA) is 148 Å². The summed E-state index contributed by atoms with van der Waals surface area (Å²) in [5, 5.41) is 11.8. The van der Waals surface area contributed by atoms with Crippen LogP contribution in [0.3, 0.4) is 0 Å². The Kier molecular flexibility index (Phi) is 9.18. The zero-order valence-corrected chi connectivity index (χ0v) is 22.4. The number of hydrogen-bond donors (Lipinski definition) is 3. The summed E-state index contributed by atoms with van der Waals surface area (Å²) >= 11 is 11.7. The third kappa shape index (κ3) is 7.18. The van der Waals surface area contributed by atoms with Crippen LogP contribution in [0.4, 0.5) is 0 Å². The SMILES string of the molecule is O=C(O[C@@H](C(=O)O)[C@@H](OC(=O)c1ccc(Cl)cc1)C(=O)NNC(=O)c1cccc2ccccc12)c1ccc(Cl)cc1. The smallest absolute Gasteiger partial charge is 0.349 e. The Morgan fingerprint density at radius 2 is 1.15 bits per heavy atom. The van der Waals surface area contributed by atoms with Gasteiger partial charge in [0, 0.05) is 15.6 Å². The number of hydrazine groups is 1. The minimum Gasteiger partial charge on any atom is -0.478 e. The van der Waals surface area contributed by atoms with E-state index in [-0.39, 0.29) is 16.7 Å². The number of nitrogens with one attached hydrogen (secondary N) is 2. The van der Waals surface area contributed by atoms with Gasteiger partial charge in [0.25, 0.3) is 11.8 Å². The normalized spacial score (nSPS) is 12.0. The first kappa shape index (κ1) is 29.1. The van der Waals surface area contributed by atoms with Gasteiger partial charge in [-0.2, -0.15) is 0 Å². The minimum absolute atomic E-state index is 0.0693. The molecule has 0 spiro atoms. The number of ether oxygens (including phenoxy) is 2. The summed E-state index contributed by atoms with van der Waals surface area (Å²) in [6, 6.07) is 22.6. The molecule has 0 bridgehead atoms. The molecule has 2 atom stereocenters. The average Bonchev–Trinajstić information content (AvgIpc) is 2.97. The highest BCUT2D eigenvalue weighted by atomic mass is 35.5. The van der Waals surface area contributed by atoms with E-state index >= 15 is 0 Å². The maximum atomic E-state index is 13.2. The Morgan fingerprint density at radius 3 is 1.71 bits per heavy atom. The molecule has 4 aromatic carbocycles. The lowest BCUT2D eigenvalue weighted by Crippen LogP contribution is -2.54. The van der Waals surface area contributed by atoms with Gasteiger partial charge < -0.3 is 14.6 Å². The second-order valence-electron chi connectivity index (χ2n) is 8.47. The lowest BCUT2D eigenvalue weighted by molar-refractivity contribution is -0.159.